The maximum absolute atomic E-state index is 11.7. The van der Waals surface area contributed by atoms with Gasteiger partial charge in [-0.3, -0.25) is 0 Å². The fraction of sp³-hybridized carbons (Fsp3) is 0.154. The van der Waals surface area contributed by atoms with E-state index in [1.807, 2.05) is 36.6 Å². The molecule has 1 aromatic heterocycles. The van der Waals surface area contributed by atoms with Crippen LogP contribution in [0.4, 0.5) is 0 Å². The number of H-pyrrole nitrogens is 1. The van der Waals surface area contributed by atoms with Gasteiger partial charge in [-0.05, 0) is 6.26 Å². The molecule has 2 rings (SSSR count). The van der Waals surface area contributed by atoms with Crippen molar-refractivity contribution in [2.24, 2.45) is 0 Å². The highest BCUT2D eigenvalue weighted by molar-refractivity contribution is 7.98. The number of aromatic amines is 1. The molecule has 0 aliphatic rings. The number of carbonyl (C=O) groups excluding carboxylic acids is 1. The molecule has 98 valence electrons. The van der Waals surface area contributed by atoms with E-state index in [9.17, 15) is 4.79 Å². The van der Waals surface area contributed by atoms with Crippen LogP contribution in [0.5, 0.6) is 0 Å². The number of hydrogen-bond donors (Lipinski definition) is 1. The molecule has 0 aliphatic heterocycles. The fourth-order valence-electron chi connectivity index (χ4n) is 1.62. The minimum atomic E-state index is -0.474. The summed E-state index contributed by atoms with van der Waals surface area (Å²) in [5.41, 5.74) is 1.23. The van der Waals surface area contributed by atoms with Gasteiger partial charge in [0, 0.05) is 5.56 Å². The monoisotopic (exact) mass is 292 g/mol. The molecule has 1 aromatic carbocycles. The molecule has 0 bridgehead atoms. The molecule has 0 spiro atoms. The number of methoxy groups -OCH3 is 1. The zero-order valence-corrected chi connectivity index (χ0v) is 12.1. The van der Waals surface area contributed by atoms with E-state index in [-0.39, 0.29) is 0 Å². The highest BCUT2D eigenvalue weighted by atomic mass is 32.2. The lowest BCUT2D eigenvalue weighted by atomic mass is 10.2. The summed E-state index contributed by atoms with van der Waals surface area (Å²) in [4.78, 5) is 19.1. The van der Waals surface area contributed by atoms with Crippen LogP contribution in [0.25, 0.3) is 11.4 Å². The second kappa shape index (κ2) is 5.99. The van der Waals surface area contributed by atoms with Crippen molar-refractivity contribution in [3.63, 3.8) is 0 Å². The molecule has 4 nitrogen and oxygen atoms in total. The van der Waals surface area contributed by atoms with Crippen molar-refractivity contribution in [1.29, 1.82) is 0 Å². The van der Waals surface area contributed by atoms with Gasteiger partial charge in [-0.2, -0.15) is 0 Å². The molecule has 0 saturated heterocycles. The standard InChI is InChI=1S/C13H12N2O2S2/c1-17-13(16)9-11(18)14-10(15-12(9)19-2)8-6-4-3-5-7-8/h3-7H,1-2H3,(H,14,15,18). The number of nitrogens with zero attached hydrogens (tertiary/aromatic N) is 1. The average molecular weight is 292 g/mol. The SMILES string of the molecule is COC(=O)c1c(SC)nc(-c2ccccc2)[nH]c1=S. The number of benzene rings is 1. The lowest BCUT2D eigenvalue weighted by Gasteiger charge is -2.08. The van der Waals surface area contributed by atoms with Crippen molar-refractivity contribution >= 4 is 29.9 Å². The molecule has 0 radical (unpaired) electrons. The topological polar surface area (TPSA) is 55.0 Å². The quantitative estimate of drug-likeness (QED) is 0.407. The second-order valence-electron chi connectivity index (χ2n) is 3.66. The summed E-state index contributed by atoms with van der Waals surface area (Å²) in [7, 11) is 1.33. The summed E-state index contributed by atoms with van der Waals surface area (Å²) in [5.74, 6) is 0.167. The first-order valence-electron chi connectivity index (χ1n) is 5.49. The van der Waals surface area contributed by atoms with Crippen LogP contribution in [-0.4, -0.2) is 29.3 Å². The largest absolute Gasteiger partial charge is 0.465 e. The van der Waals surface area contributed by atoms with E-state index in [4.69, 9.17) is 17.0 Å². The van der Waals surface area contributed by atoms with Crippen molar-refractivity contribution < 1.29 is 9.53 Å². The third-order valence-electron chi connectivity index (χ3n) is 2.52. The number of esters is 1. The molecule has 0 unspecified atom stereocenters. The Balaban J connectivity index is 2.61. The van der Waals surface area contributed by atoms with E-state index in [0.29, 0.717) is 21.1 Å². The molecule has 0 amide bonds. The molecular formula is C13H12N2O2S2. The maximum atomic E-state index is 11.7. The van der Waals surface area contributed by atoms with Gasteiger partial charge in [0.05, 0.1) is 7.11 Å². The molecular weight excluding hydrogens is 280 g/mol. The number of nitrogens with one attached hydrogen (secondary N) is 1. The minimum Gasteiger partial charge on any atom is -0.465 e. The summed E-state index contributed by atoms with van der Waals surface area (Å²) in [6, 6.07) is 9.61. The average Bonchev–Trinajstić information content (AvgIpc) is 2.46. The van der Waals surface area contributed by atoms with Crippen LogP contribution < -0.4 is 0 Å². The van der Waals surface area contributed by atoms with Crippen LogP contribution in [0.2, 0.25) is 0 Å². The minimum absolute atomic E-state index is 0.310. The number of ether oxygens (including phenoxy) is 1. The molecule has 0 aliphatic carbocycles. The smallest absolute Gasteiger partial charge is 0.343 e. The fourth-order valence-corrected chi connectivity index (χ4v) is 2.53. The zero-order chi connectivity index (χ0) is 13.8. The van der Waals surface area contributed by atoms with Gasteiger partial charge in [0.25, 0.3) is 0 Å². The van der Waals surface area contributed by atoms with Crippen molar-refractivity contribution in [2.75, 3.05) is 13.4 Å². The summed E-state index contributed by atoms with van der Waals surface area (Å²) in [6.45, 7) is 0. The third-order valence-corrected chi connectivity index (χ3v) is 3.50. The number of rotatable bonds is 3. The van der Waals surface area contributed by atoms with Crippen LogP contribution in [0, 0.1) is 4.64 Å². The van der Waals surface area contributed by atoms with Gasteiger partial charge in [-0.1, -0.05) is 42.5 Å². The normalized spacial score (nSPS) is 10.2. The van der Waals surface area contributed by atoms with Crippen LogP contribution in [-0.2, 0) is 4.74 Å². The Bertz CT molecular complexity index is 653. The molecule has 19 heavy (non-hydrogen) atoms. The summed E-state index contributed by atoms with van der Waals surface area (Å²) in [6.07, 6.45) is 1.85. The van der Waals surface area contributed by atoms with Gasteiger partial charge >= 0.3 is 5.97 Å². The van der Waals surface area contributed by atoms with E-state index >= 15 is 0 Å². The number of hydrogen-bond acceptors (Lipinski definition) is 5. The zero-order valence-electron chi connectivity index (χ0n) is 10.5. The maximum Gasteiger partial charge on any atom is 0.343 e. The molecule has 0 fully saturated rings. The molecule has 1 N–H and O–H groups in total. The number of carbonyl (C=O) groups is 1. The summed E-state index contributed by atoms with van der Waals surface area (Å²) >= 11 is 6.59. The van der Waals surface area contributed by atoms with Crippen LogP contribution >= 0.6 is 24.0 Å². The lowest BCUT2D eigenvalue weighted by molar-refractivity contribution is 0.0594. The first-order chi connectivity index (χ1) is 9.17. The first-order valence-corrected chi connectivity index (χ1v) is 7.12. The van der Waals surface area contributed by atoms with Crippen LogP contribution in [0.3, 0.4) is 0 Å². The van der Waals surface area contributed by atoms with Gasteiger partial charge in [0.1, 0.15) is 21.1 Å². The Hall–Kier alpha value is -1.66. The number of aromatic nitrogens is 2. The Morgan fingerprint density at radius 3 is 2.63 bits per heavy atom. The number of thioether (sulfide) groups is 1. The first kappa shape index (κ1) is 13.8. The van der Waals surface area contributed by atoms with Gasteiger partial charge in [-0.25, -0.2) is 9.78 Å². The Kier molecular flexibility index (Phi) is 4.34. The Labute approximate surface area is 120 Å². The van der Waals surface area contributed by atoms with Crippen molar-refractivity contribution in [3.8, 4) is 11.4 Å². The van der Waals surface area contributed by atoms with Crippen molar-refractivity contribution in [3.05, 3.63) is 40.5 Å². The second-order valence-corrected chi connectivity index (χ2v) is 4.86. The van der Waals surface area contributed by atoms with Gasteiger partial charge in [0.15, 0.2) is 0 Å². The lowest BCUT2D eigenvalue weighted by Crippen LogP contribution is -2.08. The molecule has 1 heterocycles. The summed E-state index contributed by atoms with van der Waals surface area (Å²) < 4.78 is 5.06. The predicted molar refractivity (Wildman–Crippen MR) is 78.0 cm³/mol. The third kappa shape index (κ3) is 2.85. The Morgan fingerprint density at radius 1 is 1.37 bits per heavy atom. The van der Waals surface area contributed by atoms with Crippen molar-refractivity contribution in [1.82, 2.24) is 9.97 Å². The van der Waals surface area contributed by atoms with Gasteiger partial charge in [0.2, 0.25) is 0 Å². The molecule has 6 heteroatoms. The van der Waals surface area contributed by atoms with E-state index in [2.05, 4.69) is 9.97 Å². The molecule has 0 saturated carbocycles. The molecule has 0 atom stereocenters. The predicted octanol–water partition coefficient (Wildman–Crippen LogP) is 3.31. The van der Waals surface area contributed by atoms with E-state index < -0.39 is 5.97 Å². The van der Waals surface area contributed by atoms with Gasteiger partial charge in [-0.15, -0.1) is 11.8 Å². The highest BCUT2D eigenvalue weighted by Gasteiger charge is 2.17. The Morgan fingerprint density at radius 2 is 2.05 bits per heavy atom. The summed E-state index contributed by atoms with van der Waals surface area (Å²) in [5, 5.41) is 0.564. The molecule has 2 aromatic rings. The van der Waals surface area contributed by atoms with Crippen LogP contribution in [0.1, 0.15) is 10.4 Å². The van der Waals surface area contributed by atoms with E-state index in [1.54, 1.807) is 0 Å². The van der Waals surface area contributed by atoms with E-state index in [1.165, 1.54) is 18.9 Å². The van der Waals surface area contributed by atoms with Crippen LogP contribution in [0.15, 0.2) is 35.4 Å². The van der Waals surface area contributed by atoms with E-state index in [0.717, 1.165) is 5.56 Å². The highest BCUT2D eigenvalue weighted by Crippen LogP contribution is 2.23. The van der Waals surface area contributed by atoms with Crippen molar-refractivity contribution in [2.45, 2.75) is 5.03 Å². The van der Waals surface area contributed by atoms with Gasteiger partial charge < -0.3 is 9.72 Å².